The number of sulfonamides is 1. The van der Waals surface area contributed by atoms with Crippen LogP contribution in [0.4, 0.5) is 5.82 Å². The molecule has 0 N–H and O–H groups in total. The fourth-order valence-electron chi connectivity index (χ4n) is 3.22. The number of para-hydroxylation sites is 1. The molecule has 0 amide bonds. The third kappa shape index (κ3) is 4.02. The van der Waals surface area contributed by atoms with E-state index in [2.05, 4.69) is 11.0 Å². The van der Waals surface area contributed by atoms with E-state index in [-0.39, 0.29) is 0 Å². The molecule has 138 valence electrons. The van der Waals surface area contributed by atoms with Crippen LogP contribution in [0.15, 0.2) is 72.1 Å². The maximum absolute atomic E-state index is 12.6. The van der Waals surface area contributed by atoms with Crippen molar-refractivity contribution in [3.63, 3.8) is 0 Å². The van der Waals surface area contributed by atoms with Crippen molar-refractivity contribution in [2.75, 3.05) is 31.1 Å². The highest BCUT2D eigenvalue weighted by Crippen LogP contribution is 2.20. The summed E-state index contributed by atoms with van der Waals surface area (Å²) in [6, 6.07) is 21.5. The van der Waals surface area contributed by atoms with E-state index in [0.29, 0.717) is 26.2 Å². The van der Waals surface area contributed by atoms with Gasteiger partial charge in [0.1, 0.15) is 5.82 Å². The topological polar surface area (TPSA) is 53.5 Å². The summed E-state index contributed by atoms with van der Waals surface area (Å²) >= 11 is 0. The van der Waals surface area contributed by atoms with E-state index in [0.717, 1.165) is 22.3 Å². The van der Waals surface area contributed by atoms with Crippen molar-refractivity contribution in [3.05, 3.63) is 77.7 Å². The molecule has 0 bridgehead atoms. The molecule has 3 aromatic rings. The van der Waals surface area contributed by atoms with E-state index < -0.39 is 10.0 Å². The Hall–Kier alpha value is -2.70. The molecule has 0 radical (unpaired) electrons. The van der Waals surface area contributed by atoms with Gasteiger partial charge < -0.3 is 4.90 Å². The summed E-state index contributed by atoms with van der Waals surface area (Å²) in [5, 5.41) is 2.40. The van der Waals surface area contributed by atoms with Crippen LogP contribution in [-0.2, 0) is 10.0 Å². The molecule has 6 heteroatoms. The van der Waals surface area contributed by atoms with Crippen LogP contribution in [0.1, 0.15) is 5.56 Å². The zero-order chi connectivity index (χ0) is 18.7. The predicted octanol–water partition coefficient (Wildman–Crippen LogP) is 3.36. The summed E-state index contributed by atoms with van der Waals surface area (Å²) in [5.74, 6) is 0.894. The lowest BCUT2D eigenvalue weighted by atomic mass is 10.2. The van der Waals surface area contributed by atoms with Crippen molar-refractivity contribution in [1.29, 1.82) is 0 Å². The van der Waals surface area contributed by atoms with Gasteiger partial charge in [-0.25, -0.2) is 13.4 Å². The van der Waals surface area contributed by atoms with Gasteiger partial charge in [-0.1, -0.05) is 48.5 Å². The molecule has 0 saturated carbocycles. The summed E-state index contributed by atoms with van der Waals surface area (Å²) in [6.45, 7) is 2.17. The van der Waals surface area contributed by atoms with Crippen LogP contribution in [-0.4, -0.2) is 43.9 Å². The van der Waals surface area contributed by atoms with E-state index >= 15 is 0 Å². The first-order valence-corrected chi connectivity index (χ1v) is 10.5. The van der Waals surface area contributed by atoms with Gasteiger partial charge in [0.2, 0.25) is 10.0 Å². The van der Waals surface area contributed by atoms with E-state index in [1.165, 1.54) is 9.71 Å². The fourth-order valence-corrected chi connectivity index (χ4v) is 4.39. The van der Waals surface area contributed by atoms with Gasteiger partial charge in [-0.15, -0.1) is 0 Å². The molecule has 2 heterocycles. The molecule has 4 rings (SSSR count). The Balaban J connectivity index is 1.44. The largest absolute Gasteiger partial charge is 0.354 e. The summed E-state index contributed by atoms with van der Waals surface area (Å²) < 4.78 is 26.7. The molecule has 1 aromatic heterocycles. The van der Waals surface area contributed by atoms with Gasteiger partial charge in [0, 0.05) is 37.0 Å². The smallest absolute Gasteiger partial charge is 0.236 e. The molecule has 0 aliphatic carbocycles. The van der Waals surface area contributed by atoms with Gasteiger partial charge in [-0.3, -0.25) is 0 Å². The second kappa shape index (κ2) is 7.50. The average Bonchev–Trinajstić information content (AvgIpc) is 2.73. The van der Waals surface area contributed by atoms with Crippen molar-refractivity contribution in [2.45, 2.75) is 0 Å². The maximum Gasteiger partial charge on any atom is 0.236 e. The molecule has 0 unspecified atom stereocenters. The molecule has 0 atom stereocenters. The molecular weight excluding hydrogens is 358 g/mol. The first kappa shape index (κ1) is 17.7. The lowest BCUT2D eigenvalue weighted by Gasteiger charge is -2.34. The number of aromatic nitrogens is 1. The van der Waals surface area contributed by atoms with Crippen molar-refractivity contribution >= 4 is 32.8 Å². The normalized spacial score (nSPS) is 16.2. The van der Waals surface area contributed by atoms with Gasteiger partial charge in [-0.2, -0.15) is 4.31 Å². The van der Waals surface area contributed by atoms with Gasteiger partial charge >= 0.3 is 0 Å². The second-order valence-corrected chi connectivity index (χ2v) is 8.33. The summed E-state index contributed by atoms with van der Waals surface area (Å²) in [4.78, 5) is 6.84. The molecule has 1 saturated heterocycles. The number of pyridine rings is 1. The highest BCUT2D eigenvalue weighted by Gasteiger charge is 2.25. The molecule has 27 heavy (non-hydrogen) atoms. The molecule has 1 aliphatic rings. The Morgan fingerprint density at radius 1 is 0.815 bits per heavy atom. The van der Waals surface area contributed by atoms with Crippen molar-refractivity contribution < 1.29 is 8.42 Å². The minimum absolute atomic E-state index is 0.454. The molecule has 5 nitrogen and oxygen atoms in total. The van der Waals surface area contributed by atoms with Gasteiger partial charge in [0.05, 0.1) is 5.52 Å². The SMILES string of the molecule is O=S(=O)(/C=C/c1ccccc1)N1CCN(c2ccc3ccccc3n2)CC1. The van der Waals surface area contributed by atoms with E-state index in [1.807, 2.05) is 60.7 Å². The number of anilines is 1. The van der Waals surface area contributed by atoms with Crippen LogP contribution in [0.25, 0.3) is 17.0 Å². The first-order valence-electron chi connectivity index (χ1n) is 8.96. The van der Waals surface area contributed by atoms with E-state index in [1.54, 1.807) is 6.08 Å². The quantitative estimate of drug-likeness (QED) is 0.698. The number of hydrogen-bond donors (Lipinski definition) is 0. The summed E-state index contributed by atoms with van der Waals surface area (Å²) in [5.41, 5.74) is 1.83. The third-order valence-electron chi connectivity index (χ3n) is 4.74. The third-order valence-corrected chi connectivity index (χ3v) is 6.30. The summed E-state index contributed by atoms with van der Waals surface area (Å²) in [6.07, 6.45) is 1.65. The monoisotopic (exact) mass is 379 g/mol. The van der Waals surface area contributed by atoms with Crippen molar-refractivity contribution in [2.24, 2.45) is 0 Å². The zero-order valence-corrected chi connectivity index (χ0v) is 15.7. The zero-order valence-electron chi connectivity index (χ0n) is 14.9. The van der Waals surface area contributed by atoms with Crippen molar-refractivity contribution in [3.8, 4) is 0 Å². The Morgan fingerprint density at radius 2 is 1.52 bits per heavy atom. The first-order chi connectivity index (χ1) is 13.1. The van der Waals surface area contributed by atoms with Gasteiger partial charge in [0.25, 0.3) is 0 Å². The Morgan fingerprint density at radius 3 is 2.30 bits per heavy atom. The lowest BCUT2D eigenvalue weighted by molar-refractivity contribution is 0.389. The van der Waals surface area contributed by atoms with Gasteiger partial charge in [0.15, 0.2) is 0 Å². The minimum atomic E-state index is -3.42. The lowest BCUT2D eigenvalue weighted by Crippen LogP contribution is -2.48. The molecule has 2 aromatic carbocycles. The number of nitrogens with zero attached hydrogens (tertiary/aromatic N) is 3. The highest BCUT2D eigenvalue weighted by atomic mass is 32.2. The van der Waals surface area contributed by atoms with E-state index in [4.69, 9.17) is 4.98 Å². The average molecular weight is 379 g/mol. The number of piperazine rings is 1. The number of rotatable bonds is 4. The van der Waals surface area contributed by atoms with Crippen LogP contribution < -0.4 is 4.90 Å². The fraction of sp³-hybridized carbons (Fsp3) is 0.190. The standard InChI is InChI=1S/C21H21N3O2S/c25-27(26,17-12-18-6-2-1-3-7-18)24-15-13-23(14-16-24)21-11-10-19-8-4-5-9-20(19)22-21/h1-12,17H,13-16H2/b17-12+. The number of fused-ring (bicyclic) bond motifs is 1. The summed E-state index contributed by atoms with van der Waals surface area (Å²) in [7, 11) is -3.42. The Labute approximate surface area is 159 Å². The number of hydrogen-bond acceptors (Lipinski definition) is 4. The highest BCUT2D eigenvalue weighted by molar-refractivity contribution is 7.92. The Kier molecular flexibility index (Phi) is 4.92. The molecule has 1 aliphatic heterocycles. The predicted molar refractivity (Wildman–Crippen MR) is 110 cm³/mol. The van der Waals surface area contributed by atoms with Crippen LogP contribution in [0.3, 0.4) is 0 Å². The molecule has 0 spiro atoms. The Bertz CT molecular complexity index is 1060. The van der Waals surface area contributed by atoms with Crippen LogP contribution in [0, 0.1) is 0 Å². The van der Waals surface area contributed by atoms with Crippen LogP contribution in [0.5, 0.6) is 0 Å². The molecular formula is C21H21N3O2S. The van der Waals surface area contributed by atoms with Crippen LogP contribution in [0.2, 0.25) is 0 Å². The minimum Gasteiger partial charge on any atom is -0.354 e. The van der Waals surface area contributed by atoms with Gasteiger partial charge in [-0.05, 0) is 29.8 Å². The maximum atomic E-state index is 12.6. The van der Waals surface area contributed by atoms with Crippen molar-refractivity contribution in [1.82, 2.24) is 9.29 Å². The van der Waals surface area contributed by atoms with Crippen LogP contribution >= 0.6 is 0 Å². The van der Waals surface area contributed by atoms with E-state index in [9.17, 15) is 8.42 Å². The number of benzene rings is 2. The second-order valence-electron chi connectivity index (χ2n) is 6.51. The molecule has 1 fully saturated rings.